The van der Waals surface area contributed by atoms with Gasteiger partial charge in [0.2, 0.25) is 0 Å². The van der Waals surface area contributed by atoms with Crippen molar-refractivity contribution in [3.63, 3.8) is 0 Å². The van der Waals surface area contributed by atoms with E-state index in [1.165, 1.54) is 25.3 Å². The lowest BCUT2D eigenvalue weighted by Gasteiger charge is -2.06. The van der Waals surface area contributed by atoms with E-state index in [1.54, 1.807) is 0 Å². The maximum Gasteiger partial charge on any atom is 0.389 e. The van der Waals surface area contributed by atoms with E-state index in [0.717, 1.165) is 6.29 Å². The minimum Gasteiger partial charge on any atom is -0.493 e. The Morgan fingerprint density at radius 3 is 2.67 bits per heavy atom. The van der Waals surface area contributed by atoms with Gasteiger partial charge in [0.05, 0.1) is 7.11 Å². The van der Waals surface area contributed by atoms with Gasteiger partial charge in [-0.2, -0.15) is 0 Å². The summed E-state index contributed by atoms with van der Waals surface area (Å²) in [6.45, 7) is 0. The summed E-state index contributed by atoms with van der Waals surface area (Å²) in [4.78, 5) is 31.0. The number of carbonyl (C=O) groups is 2. The second-order valence-electron chi connectivity index (χ2n) is 2.52. The number of hydrogen-bond acceptors (Lipinski definition) is 5. The van der Waals surface area contributed by atoms with E-state index >= 15 is 0 Å². The highest BCUT2D eigenvalue weighted by atomic mass is 16.6. The quantitative estimate of drug-likeness (QED) is 0.311. The lowest BCUT2D eigenvalue weighted by molar-refractivity contribution is -0.127. The first-order chi connectivity index (χ1) is 7.21. The lowest BCUT2D eigenvalue weighted by Crippen LogP contribution is -2.09. The number of esters is 1. The highest BCUT2D eigenvalue weighted by Gasteiger charge is 2.10. The van der Waals surface area contributed by atoms with E-state index in [4.69, 9.17) is 4.74 Å². The summed E-state index contributed by atoms with van der Waals surface area (Å²) in [5.74, 6) is -0.883. The monoisotopic (exact) mass is 207 g/mol. The highest BCUT2D eigenvalue weighted by Crippen LogP contribution is 2.27. The molecule has 0 unspecified atom stereocenters. The summed E-state index contributed by atoms with van der Waals surface area (Å²) in [5, 5.41) is 0. The van der Waals surface area contributed by atoms with Crippen LogP contribution >= 0.6 is 0 Å². The van der Waals surface area contributed by atoms with E-state index in [-0.39, 0.29) is 11.5 Å². The molecule has 0 aromatic heterocycles. The first kappa shape index (κ1) is 10.9. The van der Waals surface area contributed by atoms with Crippen molar-refractivity contribution in [2.24, 2.45) is 0 Å². The Hall–Kier alpha value is -2.17. The summed E-state index contributed by atoms with van der Waals surface area (Å²) < 4.78 is 9.45. The van der Waals surface area contributed by atoms with Crippen LogP contribution in [0.1, 0.15) is 10.4 Å². The van der Waals surface area contributed by atoms with Crippen molar-refractivity contribution in [1.82, 2.24) is 0 Å². The molecular weight excluding hydrogens is 200 g/mol. The molecule has 0 spiro atoms. The second kappa shape index (κ2) is 4.90. The van der Waals surface area contributed by atoms with Crippen LogP contribution in [0.2, 0.25) is 0 Å². The van der Waals surface area contributed by atoms with Gasteiger partial charge in [-0.1, -0.05) is 0 Å². The molecule has 0 bridgehead atoms. The molecule has 0 atom stereocenters. The Morgan fingerprint density at radius 2 is 2.13 bits per heavy atom. The van der Waals surface area contributed by atoms with Crippen molar-refractivity contribution in [3.05, 3.63) is 23.8 Å². The zero-order valence-corrected chi connectivity index (χ0v) is 7.85. The molecule has 0 saturated carbocycles. The zero-order chi connectivity index (χ0) is 11.3. The third-order valence-corrected chi connectivity index (χ3v) is 1.61. The molecule has 0 saturated heterocycles. The molecule has 1 aromatic carbocycles. The Balaban J connectivity index is 3.01. The van der Waals surface area contributed by atoms with Gasteiger partial charge in [-0.25, -0.2) is 4.79 Å². The van der Waals surface area contributed by atoms with E-state index in [9.17, 15) is 14.4 Å². The molecule has 0 N–H and O–H groups in total. The van der Waals surface area contributed by atoms with Gasteiger partial charge in [0.15, 0.2) is 11.5 Å². The topological polar surface area (TPSA) is 69.7 Å². The van der Waals surface area contributed by atoms with Crippen LogP contribution in [0.25, 0.3) is 0 Å². The van der Waals surface area contributed by atoms with E-state index in [2.05, 4.69) is 4.74 Å². The Kier molecular flexibility index (Phi) is 3.56. The van der Waals surface area contributed by atoms with Gasteiger partial charge >= 0.3 is 12.3 Å². The van der Waals surface area contributed by atoms with Gasteiger partial charge < -0.3 is 9.47 Å². The predicted molar refractivity (Wildman–Crippen MR) is 49.7 cm³/mol. The number of rotatable bonds is 4. The second-order valence-corrected chi connectivity index (χ2v) is 2.52. The van der Waals surface area contributed by atoms with Crippen LogP contribution < -0.4 is 9.47 Å². The molecule has 0 fully saturated rings. The summed E-state index contributed by atoms with van der Waals surface area (Å²) >= 11 is 0. The third-order valence-electron chi connectivity index (χ3n) is 1.61. The number of aldehydes is 1. The summed E-state index contributed by atoms with van der Waals surface area (Å²) in [7, 11) is 1.35. The molecule has 1 radical (unpaired) electrons. The first-order valence-electron chi connectivity index (χ1n) is 3.94. The fourth-order valence-electron chi connectivity index (χ4n) is 0.963. The molecule has 15 heavy (non-hydrogen) atoms. The van der Waals surface area contributed by atoms with Crippen LogP contribution in [-0.4, -0.2) is 25.7 Å². The molecule has 0 aliphatic rings. The Morgan fingerprint density at radius 1 is 1.40 bits per heavy atom. The molecular formula is C10H7O5. The van der Waals surface area contributed by atoms with E-state index in [0.29, 0.717) is 11.8 Å². The lowest BCUT2D eigenvalue weighted by atomic mass is 10.2. The van der Waals surface area contributed by atoms with Crippen LogP contribution in [0.5, 0.6) is 11.5 Å². The number of carbonyl (C=O) groups excluding carboxylic acids is 3. The molecule has 0 aliphatic heterocycles. The molecule has 1 aromatic rings. The van der Waals surface area contributed by atoms with Gasteiger partial charge in [0.25, 0.3) is 0 Å². The van der Waals surface area contributed by atoms with Crippen molar-refractivity contribution in [2.45, 2.75) is 0 Å². The smallest absolute Gasteiger partial charge is 0.389 e. The Bertz CT molecular complexity index is 397. The largest absolute Gasteiger partial charge is 0.493 e. The SMILES string of the molecule is COc1cc(C=O)ccc1OC(=O)[C]=O. The highest BCUT2D eigenvalue weighted by molar-refractivity contribution is 6.21. The van der Waals surface area contributed by atoms with Crippen molar-refractivity contribution >= 4 is 18.5 Å². The number of hydrogen-bond donors (Lipinski definition) is 0. The maximum absolute atomic E-state index is 10.6. The Labute approximate surface area is 85.6 Å². The summed E-state index contributed by atoms with van der Waals surface area (Å²) in [6.07, 6.45) is 1.68. The van der Waals surface area contributed by atoms with E-state index in [1.807, 2.05) is 0 Å². The molecule has 1 rings (SSSR count). The van der Waals surface area contributed by atoms with Gasteiger partial charge in [-0.15, -0.1) is 0 Å². The zero-order valence-electron chi connectivity index (χ0n) is 7.85. The molecule has 0 amide bonds. The van der Waals surface area contributed by atoms with Gasteiger partial charge in [0, 0.05) is 5.56 Å². The fraction of sp³-hybridized carbons (Fsp3) is 0.100. The molecule has 0 aliphatic carbocycles. The summed E-state index contributed by atoms with van der Waals surface area (Å²) in [5.41, 5.74) is 0.377. The fourth-order valence-corrected chi connectivity index (χ4v) is 0.963. The van der Waals surface area contributed by atoms with Crippen molar-refractivity contribution < 1.29 is 23.9 Å². The van der Waals surface area contributed by atoms with Gasteiger partial charge in [-0.3, -0.25) is 9.59 Å². The van der Waals surface area contributed by atoms with Crippen LogP contribution in [0.15, 0.2) is 18.2 Å². The van der Waals surface area contributed by atoms with Crippen molar-refractivity contribution in [1.29, 1.82) is 0 Å². The number of methoxy groups -OCH3 is 1. The average Bonchev–Trinajstić information content (AvgIpc) is 2.29. The molecule has 5 nitrogen and oxygen atoms in total. The number of benzene rings is 1. The predicted octanol–water partition coefficient (Wildman–Crippen LogP) is 0.523. The molecule has 0 heterocycles. The standard InChI is InChI=1S/C10H7O5/c1-14-9-4-7(5-11)2-3-8(9)15-10(13)6-12/h2-5H,1H3. The molecule has 5 heteroatoms. The maximum atomic E-state index is 10.6. The van der Waals surface area contributed by atoms with Crippen LogP contribution in [0.3, 0.4) is 0 Å². The minimum atomic E-state index is -1.15. The average molecular weight is 207 g/mol. The normalized spacial score (nSPS) is 9.13. The van der Waals surface area contributed by atoms with Crippen molar-refractivity contribution in [3.8, 4) is 11.5 Å². The third kappa shape index (κ3) is 2.63. The van der Waals surface area contributed by atoms with Gasteiger partial charge in [0.1, 0.15) is 6.29 Å². The first-order valence-corrected chi connectivity index (χ1v) is 3.94. The van der Waals surface area contributed by atoms with Gasteiger partial charge in [-0.05, 0) is 18.2 Å². The van der Waals surface area contributed by atoms with Crippen molar-refractivity contribution in [2.75, 3.05) is 7.11 Å². The van der Waals surface area contributed by atoms with Crippen LogP contribution in [0, 0.1) is 0 Å². The van der Waals surface area contributed by atoms with Crippen LogP contribution in [-0.2, 0) is 9.59 Å². The minimum absolute atomic E-state index is 0.0662. The number of ether oxygens (including phenoxy) is 2. The van der Waals surface area contributed by atoms with E-state index < -0.39 is 5.97 Å². The van der Waals surface area contributed by atoms with Crippen LogP contribution in [0.4, 0.5) is 0 Å². The summed E-state index contributed by atoms with van der Waals surface area (Å²) in [6, 6.07) is 4.18. The molecule has 77 valence electrons.